The maximum Gasteiger partial charge on any atom is 0.162 e. The lowest BCUT2D eigenvalue weighted by atomic mass is 9.85. The van der Waals surface area contributed by atoms with Crippen molar-refractivity contribution in [3.63, 3.8) is 0 Å². The van der Waals surface area contributed by atoms with Crippen molar-refractivity contribution in [2.24, 2.45) is 11.8 Å². The standard InChI is InChI=1S/C20H31NO2/c1-15(2)12-13-23-20-11-9-17(14-18(20)21)19(22)10-8-16-6-4-3-5-7-16/h9,11,14-16H,3-8,10,12-13,21H2,1-2H3. The van der Waals surface area contributed by atoms with Crippen molar-refractivity contribution < 1.29 is 9.53 Å². The summed E-state index contributed by atoms with van der Waals surface area (Å²) in [6.45, 7) is 5.00. The molecule has 1 fully saturated rings. The van der Waals surface area contributed by atoms with Crippen LogP contribution in [0.25, 0.3) is 0 Å². The fourth-order valence-electron chi connectivity index (χ4n) is 3.21. The zero-order valence-corrected chi connectivity index (χ0v) is 14.6. The Morgan fingerprint density at radius 3 is 2.65 bits per heavy atom. The van der Waals surface area contributed by atoms with Crippen molar-refractivity contribution in [2.45, 2.75) is 65.2 Å². The van der Waals surface area contributed by atoms with Gasteiger partial charge < -0.3 is 10.5 Å². The number of anilines is 1. The third-order valence-electron chi connectivity index (χ3n) is 4.79. The number of hydrogen-bond donors (Lipinski definition) is 1. The van der Waals surface area contributed by atoms with Crippen LogP contribution in [0.1, 0.15) is 75.6 Å². The lowest BCUT2D eigenvalue weighted by Gasteiger charge is -2.21. The molecule has 1 aliphatic carbocycles. The van der Waals surface area contributed by atoms with E-state index < -0.39 is 0 Å². The summed E-state index contributed by atoms with van der Waals surface area (Å²) < 4.78 is 5.70. The third kappa shape index (κ3) is 5.89. The van der Waals surface area contributed by atoms with Crippen LogP contribution in [0.5, 0.6) is 5.75 Å². The Hall–Kier alpha value is -1.51. The van der Waals surface area contributed by atoms with Crippen LogP contribution < -0.4 is 10.5 Å². The number of ether oxygens (including phenoxy) is 1. The second kappa shape index (κ2) is 8.95. The first-order valence-electron chi connectivity index (χ1n) is 9.11. The molecule has 0 radical (unpaired) electrons. The minimum Gasteiger partial charge on any atom is -0.491 e. The molecule has 0 aliphatic heterocycles. The van der Waals surface area contributed by atoms with E-state index in [2.05, 4.69) is 13.8 Å². The van der Waals surface area contributed by atoms with Gasteiger partial charge in [0.25, 0.3) is 0 Å². The van der Waals surface area contributed by atoms with Gasteiger partial charge in [0.05, 0.1) is 12.3 Å². The van der Waals surface area contributed by atoms with Gasteiger partial charge in [0, 0.05) is 12.0 Å². The smallest absolute Gasteiger partial charge is 0.162 e. The topological polar surface area (TPSA) is 52.3 Å². The molecule has 0 unspecified atom stereocenters. The number of Topliss-reactive ketones (excluding diaryl/α,β-unsaturated/α-hetero) is 1. The monoisotopic (exact) mass is 317 g/mol. The van der Waals surface area contributed by atoms with Crippen LogP contribution in [0.15, 0.2) is 18.2 Å². The number of carbonyl (C=O) groups excluding carboxylic acids is 1. The number of ketones is 1. The molecule has 128 valence electrons. The van der Waals surface area contributed by atoms with Gasteiger partial charge in [0.2, 0.25) is 0 Å². The van der Waals surface area contributed by atoms with Gasteiger partial charge >= 0.3 is 0 Å². The molecule has 2 rings (SSSR count). The normalized spacial score (nSPS) is 15.8. The fraction of sp³-hybridized carbons (Fsp3) is 0.650. The molecule has 0 heterocycles. The highest BCUT2D eigenvalue weighted by Gasteiger charge is 2.16. The van der Waals surface area contributed by atoms with E-state index in [1.54, 1.807) is 6.07 Å². The first-order chi connectivity index (χ1) is 11.1. The van der Waals surface area contributed by atoms with E-state index in [1.165, 1.54) is 32.1 Å². The molecule has 0 atom stereocenters. The molecule has 0 saturated heterocycles. The van der Waals surface area contributed by atoms with E-state index in [1.807, 2.05) is 12.1 Å². The average molecular weight is 317 g/mol. The average Bonchev–Trinajstić information content (AvgIpc) is 2.54. The molecule has 2 N–H and O–H groups in total. The highest BCUT2D eigenvalue weighted by molar-refractivity contribution is 5.97. The molecule has 1 aromatic rings. The molecule has 1 aliphatic rings. The Kier molecular flexibility index (Phi) is 6.94. The largest absolute Gasteiger partial charge is 0.491 e. The predicted octanol–water partition coefficient (Wildman–Crippen LogP) is 5.24. The van der Waals surface area contributed by atoms with Crippen LogP contribution in [0.3, 0.4) is 0 Å². The van der Waals surface area contributed by atoms with Crippen LogP contribution in [-0.2, 0) is 0 Å². The van der Waals surface area contributed by atoms with Crippen LogP contribution in [0.2, 0.25) is 0 Å². The summed E-state index contributed by atoms with van der Waals surface area (Å²) in [6, 6.07) is 5.46. The third-order valence-corrected chi connectivity index (χ3v) is 4.79. The lowest BCUT2D eigenvalue weighted by molar-refractivity contribution is 0.0970. The number of nitrogen functional groups attached to an aromatic ring is 1. The quantitative estimate of drug-likeness (QED) is 0.527. The van der Waals surface area contributed by atoms with Crippen molar-refractivity contribution >= 4 is 11.5 Å². The zero-order chi connectivity index (χ0) is 16.7. The molecular weight excluding hydrogens is 286 g/mol. The number of hydrogen-bond acceptors (Lipinski definition) is 3. The van der Waals surface area contributed by atoms with Crippen molar-refractivity contribution in [1.29, 1.82) is 0 Å². The number of nitrogens with two attached hydrogens (primary N) is 1. The fourth-order valence-corrected chi connectivity index (χ4v) is 3.21. The summed E-state index contributed by atoms with van der Waals surface area (Å²) in [6.07, 6.45) is 9.25. The van der Waals surface area contributed by atoms with Gasteiger partial charge in [-0.05, 0) is 42.9 Å². The van der Waals surface area contributed by atoms with E-state index >= 15 is 0 Å². The summed E-state index contributed by atoms with van der Waals surface area (Å²) in [7, 11) is 0. The zero-order valence-electron chi connectivity index (χ0n) is 14.6. The highest BCUT2D eigenvalue weighted by Crippen LogP contribution is 2.29. The van der Waals surface area contributed by atoms with Gasteiger partial charge in [-0.3, -0.25) is 4.79 Å². The maximum absolute atomic E-state index is 12.4. The summed E-state index contributed by atoms with van der Waals surface area (Å²) in [5.74, 6) is 2.24. The maximum atomic E-state index is 12.4. The van der Waals surface area contributed by atoms with Crippen molar-refractivity contribution in [1.82, 2.24) is 0 Å². The Labute approximate surface area is 140 Å². The summed E-state index contributed by atoms with van der Waals surface area (Å²) in [4.78, 5) is 12.4. The number of benzene rings is 1. The molecular formula is C20H31NO2. The molecule has 23 heavy (non-hydrogen) atoms. The summed E-state index contributed by atoms with van der Waals surface area (Å²) in [5, 5.41) is 0. The molecule has 0 amide bonds. The first-order valence-corrected chi connectivity index (χ1v) is 9.11. The Bertz CT molecular complexity index is 504. The van der Waals surface area contributed by atoms with Gasteiger partial charge in [0.1, 0.15) is 5.75 Å². The van der Waals surface area contributed by atoms with E-state index in [4.69, 9.17) is 10.5 Å². The molecule has 0 aromatic heterocycles. The van der Waals surface area contributed by atoms with Crippen LogP contribution in [-0.4, -0.2) is 12.4 Å². The van der Waals surface area contributed by atoms with Crippen molar-refractivity contribution in [3.05, 3.63) is 23.8 Å². The molecule has 3 nitrogen and oxygen atoms in total. The highest BCUT2D eigenvalue weighted by atomic mass is 16.5. The second-order valence-electron chi connectivity index (χ2n) is 7.25. The van der Waals surface area contributed by atoms with E-state index in [0.29, 0.717) is 30.4 Å². The van der Waals surface area contributed by atoms with Gasteiger partial charge in [-0.2, -0.15) is 0 Å². The van der Waals surface area contributed by atoms with Crippen LogP contribution >= 0.6 is 0 Å². The van der Waals surface area contributed by atoms with E-state index in [0.717, 1.165) is 24.3 Å². The van der Waals surface area contributed by atoms with Crippen LogP contribution in [0, 0.1) is 11.8 Å². The van der Waals surface area contributed by atoms with Crippen LogP contribution in [0.4, 0.5) is 5.69 Å². The molecule has 3 heteroatoms. The molecule has 1 saturated carbocycles. The number of carbonyl (C=O) groups is 1. The van der Waals surface area contributed by atoms with Crippen molar-refractivity contribution in [3.8, 4) is 5.75 Å². The Balaban J connectivity index is 1.84. The molecule has 1 aromatic carbocycles. The Morgan fingerprint density at radius 1 is 1.26 bits per heavy atom. The molecule has 0 bridgehead atoms. The lowest BCUT2D eigenvalue weighted by Crippen LogP contribution is -2.09. The van der Waals surface area contributed by atoms with Gasteiger partial charge in [-0.25, -0.2) is 0 Å². The first kappa shape index (κ1) is 17.8. The summed E-state index contributed by atoms with van der Waals surface area (Å²) in [5.41, 5.74) is 7.32. The van der Waals surface area contributed by atoms with E-state index in [9.17, 15) is 4.79 Å². The number of rotatable bonds is 8. The summed E-state index contributed by atoms with van der Waals surface area (Å²) >= 11 is 0. The van der Waals surface area contributed by atoms with Crippen molar-refractivity contribution in [2.75, 3.05) is 12.3 Å². The SMILES string of the molecule is CC(C)CCOc1ccc(C(=O)CCC2CCCCC2)cc1N. The van der Waals surface area contributed by atoms with Gasteiger partial charge in [-0.15, -0.1) is 0 Å². The Morgan fingerprint density at radius 2 is 2.00 bits per heavy atom. The minimum atomic E-state index is 0.205. The van der Waals surface area contributed by atoms with E-state index in [-0.39, 0.29) is 5.78 Å². The van der Waals surface area contributed by atoms with Gasteiger partial charge in [-0.1, -0.05) is 46.0 Å². The molecule has 0 spiro atoms. The predicted molar refractivity (Wildman–Crippen MR) is 95.9 cm³/mol. The minimum absolute atomic E-state index is 0.205. The van der Waals surface area contributed by atoms with Gasteiger partial charge in [0.15, 0.2) is 5.78 Å². The second-order valence-corrected chi connectivity index (χ2v) is 7.25.